The molecule has 0 radical (unpaired) electrons. The molecule has 0 aliphatic carbocycles. The van der Waals surface area contributed by atoms with Gasteiger partial charge in [0.05, 0.1) is 17.4 Å². The largest absolute Gasteiger partial charge is 0.481 e. The molecule has 176 valence electrons. The van der Waals surface area contributed by atoms with Crippen molar-refractivity contribution in [2.24, 2.45) is 10.8 Å². The zero-order valence-corrected chi connectivity index (χ0v) is 20.4. The van der Waals surface area contributed by atoms with E-state index in [1.165, 1.54) is 0 Å². The molecule has 0 spiro atoms. The van der Waals surface area contributed by atoms with Gasteiger partial charge in [0.2, 0.25) is 0 Å². The van der Waals surface area contributed by atoms with Crippen molar-refractivity contribution < 1.29 is 29.0 Å². The molecule has 6 heteroatoms. The molecule has 1 aromatic rings. The second kappa shape index (κ2) is 15.2. The van der Waals surface area contributed by atoms with Gasteiger partial charge in [0.15, 0.2) is 0 Å². The molecule has 0 fully saturated rings. The van der Waals surface area contributed by atoms with Crippen molar-refractivity contribution in [1.82, 2.24) is 0 Å². The van der Waals surface area contributed by atoms with Crippen molar-refractivity contribution in [1.29, 1.82) is 0 Å². The summed E-state index contributed by atoms with van der Waals surface area (Å²) < 4.78 is 9.81. The third-order valence-electron chi connectivity index (χ3n) is 4.74. The highest BCUT2D eigenvalue weighted by molar-refractivity contribution is 5.86. The fourth-order valence-corrected chi connectivity index (χ4v) is 1.47. The number of aliphatic carboxylic acids is 1. The summed E-state index contributed by atoms with van der Waals surface area (Å²) in [4.78, 5) is 32.3. The molecular weight excluding hydrogens is 396 g/mol. The number of benzene rings is 1. The molecule has 0 atom stereocenters. The second-order valence-corrected chi connectivity index (χ2v) is 8.34. The monoisotopic (exact) mass is 436 g/mol. The lowest BCUT2D eigenvalue weighted by molar-refractivity contribution is -0.155. The standard InChI is InChI=1S/C13H18O2.C6H12O2.C6H10O2/c1-4-13(2,3)12(14)15-10-11-8-6-5-7-9-11;1-4-6(2,3)5(7)8;1-4-8-6(7)5(2)3/h5-9H,4,10H2,1-3H3;4H2,1-3H3,(H,7,8);2,4H2,1,3H3. The van der Waals surface area contributed by atoms with Gasteiger partial charge in [-0.3, -0.25) is 9.59 Å². The number of carboxylic acids is 1. The molecule has 6 nitrogen and oxygen atoms in total. The molecule has 0 saturated carbocycles. The molecule has 1 aromatic carbocycles. The molecule has 0 bridgehead atoms. The van der Waals surface area contributed by atoms with Crippen molar-refractivity contribution in [3.63, 3.8) is 0 Å². The first-order valence-electron chi connectivity index (χ1n) is 10.5. The average Bonchev–Trinajstić information content (AvgIpc) is 2.73. The lowest BCUT2D eigenvalue weighted by Crippen LogP contribution is -2.25. The van der Waals surface area contributed by atoms with E-state index < -0.39 is 11.4 Å². The molecule has 0 unspecified atom stereocenters. The Balaban J connectivity index is 0. The van der Waals surface area contributed by atoms with E-state index in [1.807, 2.05) is 58.0 Å². The van der Waals surface area contributed by atoms with Gasteiger partial charge in [-0.15, -0.1) is 0 Å². The molecule has 1 rings (SSSR count). The van der Waals surface area contributed by atoms with Gasteiger partial charge in [-0.05, 0) is 59.9 Å². The van der Waals surface area contributed by atoms with Crippen molar-refractivity contribution in [3.05, 3.63) is 48.0 Å². The zero-order valence-electron chi connectivity index (χ0n) is 20.4. The Hall–Kier alpha value is -2.63. The van der Waals surface area contributed by atoms with Gasteiger partial charge >= 0.3 is 17.9 Å². The predicted molar refractivity (Wildman–Crippen MR) is 123 cm³/mol. The minimum Gasteiger partial charge on any atom is -0.481 e. The van der Waals surface area contributed by atoms with Gasteiger partial charge in [-0.25, -0.2) is 4.79 Å². The molecule has 1 N–H and O–H groups in total. The van der Waals surface area contributed by atoms with Crippen LogP contribution >= 0.6 is 0 Å². The fourth-order valence-electron chi connectivity index (χ4n) is 1.47. The summed E-state index contributed by atoms with van der Waals surface area (Å²) in [6, 6.07) is 9.72. The number of hydrogen-bond acceptors (Lipinski definition) is 5. The highest BCUT2D eigenvalue weighted by atomic mass is 16.5. The van der Waals surface area contributed by atoms with E-state index >= 15 is 0 Å². The van der Waals surface area contributed by atoms with Crippen LogP contribution in [0.1, 0.15) is 73.8 Å². The third-order valence-corrected chi connectivity index (χ3v) is 4.74. The normalized spacial score (nSPS) is 10.5. The van der Waals surface area contributed by atoms with Crippen molar-refractivity contribution in [2.45, 2.75) is 74.8 Å². The van der Waals surface area contributed by atoms with E-state index in [1.54, 1.807) is 27.7 Å². The summed E-state index contributed by atoms with van der Waals surface area (Å²) in [5, 5.41) is 8.44. The lowest BCUT2D eigenvalue weighted by atomic mass is 9.91. The van der Waals surface area contributed by atoms with Gasteiger partial charge in [0, 0.05) is 5.57 Å². The number of ether oxygens (including phenoxy) is 2. The van der Waals surface area contributed by atoms with E-state index in [2.05, 4.69) is 11.3 Å². The van der Waals surface area contributed by atoms with Gasteiger partial charge in [-0.1, -0.05) is 50.8 Å². The molecule has 0 aromatic heterocycles. The van der Waals surface area contributed by atoms with Gasteiger partial charge in [0.25, 0.3) is 0 Å². The van der Waals surface area contributed by atoms with Crippen LogP contribution in [0.25, 0.3) is 0 Å². The number of carboxylic acid groups (broad SMARTS) is 1. The first-order chi connectivity index (χ1) is 14.2. The molecule has 0 amide bonds. The Morgan fingerprint density at radius 3 is 1.68 bits per heavy atom. The summed E-state index contributed by atoms with van der Waals surface area (Å²) in [6.07, 6.45) is 1.48. The summed E-state index contributed by atoms with van der Waals surface area (Å²) in [5.74, 6) is -1.17. The second-order valence-electron chi connectivity index (χ2n) is 8.34. The topological polar surface area (TPSA) is 89.9 Å². The third kappa shape index (κ3) is 14.1. The predicted octanol–water partition coefficient (Wildman–Crippen LogP) is 5.80. The molecule has 31 heavy (non-hydrogen) atoms. The van der Waals surface area contributed by atoms with Crippen molar-refractivity contribution in [3.8, 4) is 0 Å². The van der Waals surface area contributed by atoms with Crippen LogP contribution in [-0.4, -0.2) is 29.6 Å². The lowest BCUT2D eigenvalue weighted by Gasteiger charge is -2.20. The van der Waals surface area contributed by atoms with Gasteiger partial charge in [-0.2, -0.15) is 0 Å². The quantitative estimate of drug-likeness (QED) is 0.409. The van der Waals surface area contributed by atoms with Crippen LogP contribution in [0.3, 0.4) is 0 Å². The Morgan fingerprint density at radius 2 is 1.39 bits per heavy atom. The van der Waals surface area contributed by atoms with Crippen LogP contribution < -0.4 is 0 Å². The number of rotatable bonds is 8. The SMILES string of the molecule is C=C(C)C(=O)OCC.CCC(C)(C)C(=O)O.CCC(C)(C)C(=O)OCc1ccccc1. The maximum Gasteiger partial charge on any atom is 0.333 e. The highest BCUT2D eigenvalue weighted by Gasteiger charge is 2.26. The zero-order chi connectivity index (χ0) is 24.7. The molecule has 0 aliphatic heterocycles. The maximum atomic E-state index is 11.6. The van der Waals surface area contributed by atoms with E-state index in [-0.39, 0.29) is 17.4 Å². The van der Waals surface area contributed by atoms with Crippen LogP contribution in [0, 0.1) is 10.8 Å². The van der Waals surface area contributed by atoms with Crippen molar-refractivity contribution in [2.75, 3.05) is 6.61 Å². The maximum absolute atomic E-state index is 11.6. The highest BCUT2D eigenvalue weighted by Crippen LogP contribution is 2.22. The molecule has 0 heterocycles. The first kappa shape index (κ1) is 30.6. The molecule has 0 saturated heterocycles. The Bertz CT molecular complexity index is 689. The van der Waals surface area contributed by atoms with Crippen LogP contribution in [-0.2, 0) is 30.5 Å². The minimum atomic E-state index is -0.722. The summed E-state index contributed by atoms with van der Waals surface area (Å²) in [7, 11) is 0. The number of esters is 2. The summed E-state index contributed by atoms with van der Waals surface area (Å²) in [5.41, 5.74) is 0.555. The minimum absolute atomic E-state index is 0.131. The van der Waals surface area contributed by atoms with Crippen LogP contribution in [0.4, 0.5) is 0 Å². The Morgan fingerprint density at radius 1 is 0.903 bits per heavy atom. The molecule has 0 aliphatic rings. The van der Waals surface area contributed by atoms with E-state index in [4.69, 9.17) is 9.84 Å². The van der Waals surface area contributed by atoms with E-state index in [0.717, 1.165) is 12.0 Å². The number of carbonyl (C=O) groups excluding carboxylic acids is 2. The van der Waals surface area contributed by atoms with Gasteiger partial charge < -0.3 is 14.6 Å². The van der Waals surface area contributed by atoms with Crippen LogP contribution in [0.15, 0.2) is 42.5 Å². The smallest absolute Gasteiger partial charge is 0.333 e. The summed E-state index contributed by atoms with van der Waals surface area (Å²) >= 11 is 0. The summed E-state index contributed by atoms with van der Waals surface area (Å²) in [6.45, 7) is 18.7. The van der Waals surface area contributed by atoms with Crippen LogP contribution in [0.2, 0.25) is 0 Å². The number of carbonyl (C=O) groups is 3. The number of hydrogen-bond donors (Lipinski definition) is 1. The Labute approximate surface area is 187 Å². The Kier molecular flexibility index (Phi) is 15.0. The fraction of sp³-hybridized carbons (Fsp3) is 0.560. The van der Waals surface area contributed by atoms with E-state index in [9.17, 15) is 14.4 Å². The molecular formula is C25H40O6. The average molecular weight is 437 g/mol. The first-order valence-corrected chi connectivity index (χ1v) is 10.5. The van der Waals surface area contributed by atoms with Crippen molar-refractivity contribution >= 4 is 17.9 Å². The van der Waals surface area contributed by atoms with Gasteiger partial charge in [0.1, 0.15) is 6.61 Å². The van der Waals surface area contributed by atoms with Crippen LogP contribution in [0.5, 0.6) is 0 Å². The van der Waals surface area contributed by atoms with E-state index in [0.29, 0.717) is 25.2 Å².